The van der Waals surface area contributed by atoms with Crippen molar-refractivity contribution in [2.75, 3.05) is 5.32 Å². The summed E-state index contributed by atoms with van der Waals surface area (Å²) < 4.78 is 2.08. The minimum absolute atomic E-state index is 0.609. The first kappa shape index (κ1) is 13.8. The van der Waals surface area contributed by atoms with E-state index < -0.39 is 0 Å². The maximum absolute atomic E-state index is 4.60. The molecule has 0 bridgehead atoms. The molecule has 0 fully saturated rings. The van der Waals surface area contributed by atoms with Crippen molar-refractivity contribution >= 4 is 22.1 Å². The van der Waals surface area contributed by atoms with Gasteiger partial charge in [0.15, 0.2) is 5.01 Å². The summed E-state index contributed by atoms with van der Waals surface area (Å²) >= 11 is 1.48. The normalized spacial score (nSPS) is 11.0. The molecule has 4 heterocycles. The fraction of sp³-hybridized carbons (Fsp3) is 0.125. The van der Waals surface area contributed by atoms with Gasteiger partial charge in [-0.25, -0.2) is 4.98 Å². The van der Waals surface area contributed by atoms with Gasteiger partial charge in [0.2, 0.25) is 5.13 Å². The highest BCUT2D eigenvalue weighted by molar-refractivity contribution is 7.18. The van der Waals surface area contributed by atoms with Crippen molar-refractivity contribution in [1.82, 2.24) is 24.6 Å². The van der Waals surface area contributed by atoms with Gasteiger partial charge in [-0.05, 0) is 31.2 Å². The van der Waals surface area contributed by atoms with Crippen LogP contribution in [0.25, 0.3) is 16.3 Å². The number of rotatable bonds is 4. The van der Waals surface area contributed by atoms with Crippen LogP contribution in [0.4, 0.5) is 5.13 Å². The Hall–Kier alpha value is -2.80. The summed E-state index contributed by atoms with van der Waals surface area (Å²) in [6.45, 7) is 2.67. The first-order chi connectivity index (χ1) is 11.3. The molecule has 4 rings (SSSR count). The molecule has 4 aromatic heterocycles. The molecule has 23 heavy (non-hydrogen) atoms. The minimum Gasteiger partial charge on any atom is -0.354 e. The third-order valence-corrected chi connectivity index (χ3v) is 4.38. The molecule has 114 valence electrons. The van der Waals surface area contributed by atoms with Gasteiger partial charge in [0, 0.05) is 18.1 Å². The maximum atomic E-state index is 4.60. The molecule has 6 nitrogen and oxygen atoms in total. The Balaban J connectivity index is 1.50. The minimum atomic E-state index is 0.609. The van der Waals surface area contributed by atoms with E-state index in [4.69, 9.17) is 0 Å². The lowest BCUT2D eigenvalue weighted by molar-refractivity contribution is 1.02. The number of nitrogens with zero attached hydrogens (tertiary/aromatic N) is 5. The molecular formula is C16H14N6S. The lowest BCUT2D eigenvalue weighted by atomic mass is 10.4. The molecule has 0 amide bonds. The van der Waals surface area contributed by atoms with Crippen LogP contribution < -0.4 is 5.32 Å². The van der Waals surface area contributed by atoms with Gasteiger partial charge in [-0.3, -0.25) is 4.98 Å². The number of fused-ring (bicyclic) bond motifs is 1. The first-order valence-electron chi connectivity index (χ1n) is 7.22. The SMILES string of the molecule is Cc1cccc2nc(CNc3nnc(-c4ccccn4)s3)cn12. The van der Waals surface area contributed by atoms with Gasteiger partial charge < -0.3 is 9.72 Å². The summed E-state index contributed by atoms with van der Waals surface area (Å²) in [5, 5.41) is 13.2. The average Bonchev–Trinajstić information content (AvgIpc) is 3.21. The predicted octanol–water partition coefficient (Wildman–Crippen LogP) is 3.17. The van der Waals surface area contributed by atoms with E-state index in [1.165, 1.54) is 11.3 Å². The molecule has 0 aliphatic carbocycles. The number of aryl methyl sites for hydroxylation is 1. The van der Waals surface area contributed by atoms with E-state index >= 15 is 0 Å². The third kappa shape index (κ3) is 2.78. The highest BCUT2D eigenvalue weighted by Crippen LogP contribution is 2.24. The van der Waals surface area contributed by atoms with E-state index in [9.17, 15) is 0 Å². The van der Waals surface area contributed by atoms with E-state index in [1.807, 2.05) is 36.5 Å². The summed E-state index contributed by atoms with van der Waals surface area (Å²) in [4.78, 5) is 8.88. The van der Waals surface area contributed by atoms with E-state index in [0.717, 1.165) is 32.9 Å². The van der Waals surface area contributed by atoms with Crippen LogP contribution in [0.1, 0.15) is 11.4 Å². The van der Waals surface area contributed by atoms with Gasteiger partial charge in [0.05, 0.1) is 12.2 Å². The van der Waals surface area contributed by atoms with Gasteiger partial charge in [0.1, 0.15) is 11.3 Å². The van der Waals surface area contributed by atoms with Crippen molar-refractivity contribution in [1.29, 1.82) is 0 Å². The first-order valence-corrected chi connectivity index (χ1v) is 8.03. The summed E-state index contributed by atoms with van der Waals surface area (Å²) in [6.07, 6.45) is 3.79. The second-order valence-corrected chi connectivity index (χ2v) is 6.09. The highest BCUT2D eigenvalue weighted by Gasteiger charge is 2.08. The number of hydrogen-bond acceptors (Lipinski definition) is 6. The second kappa shape index (κ2) is 5.77. The van der Waals surface area contributed by atoms with Crippen molar-refractivity contribution in [2.45, 2.75) is 13.5 Å². The van der Waals surface area contributed by atoms with Gasteiger partial charge in [-0.15, -0.1) is 10.2 Å². The van der Waals surface area contributed by atoms with Crippen molar-refractivity contribution in [3.05, 3.63) is 60.2 Å². The Morgan fingerprint density at radius 1 is 1.13 bits per heavy atom. The smallest absolute Gasteiger partial charge is 0.206 e. The van der Waals surface area contributed by atoms with E-state index in [2.05, 4.69) is 42.9 Å². The fourth-order valence-corrected chi connectivity index (χ4v) is 3.05. The molecule has 1 N–H and O–H groups in total. The zero-order valence-corrected chi connectivity index (χ0v) is 13.3. The number of anilines is 1. The summed E-state index contributed by atoms with van der Waals surface area (Å²) in [5.41, 5.74) is 3.91. The quantitative estimate of drug-likeness (QED) is 0.625. The van der Waals surface area contributed by atoms with Crippen molar-refractivity contribution < 1.29 is 0 Å². The Labute approximate surface area is 136 Å². The zero-order chi connectivity index (χ0) is 15.6. The van der Waals surface area contributed by atoms with Gasteiger partial charge in [0.25, 0.3) is 0 Å². The molecule has 0 unspecified atom stereocenters. The third-order valence-electron chi connectivity index (χ3n) is 3.48. The topological polar surface area (TPSA) is 68.0 Å². The van der Waals surface area contributed by atoms with Crippen LogP contribution in [0.15, 0.2) is 48.8 Å². The van der Waals surface area contributed by atoms with Crippen LogP contribution in [0.2, 0.25) is 0 Å². The largest absolute Gasteiger partial charge is 0.354 e. The second-order valence-electron chi connectivity index (χ2n) is 5.11. The Kier molecular flexibility index (Phi) is 3.47. The van der Waals surface area contributed by atoms with Crippen LogP contribution in [0.5, 0.6) is 0 Å². The van der Waals surface area contributed by atoms with Crippen LogP contribution >= 0.6 is 11.3 Å². The van der Waals surface area contributed by atoms with Gasteiger partial charge in [-0.2, -0.15) is 0 Å². The Bertz CT molecular complexity index is 944. The van der Waals surface area contributed by atoms with E-state index in [1.54, 1.807) is 6.20 Å². The van der Waals surface area contributed by atoms with Crippen LogP contribution in [-0.4, -0.2) is 24.6 Å². The molecule has 0 aromatic carbocycles. The molecule has 4 aromatic rings. The molecule has 0 aliphatic heterocycles. The number of nitrogens with one attached hydrogen (secondary N) is 1. The molecule has 0 spiro atoms. The molecular weight excluding hydrogens is 308 g/mol. The van der Waals surface area contributed by atoms with Crippen molar-refractivity contribution in [3.8, 4) is 10.7 Å². The molecule has 0 atom stereocenters. The zero-order valence-electron chi connectivity index (χ0n) is 12.5. The molecule has 0 saturated carbocycles. The number of hydrogen-bond donors (Lipinski definition) is 1. The van der Waals surface area contributed by atoms with Crippen LogP contribution in [-0.2, 0) is 6.54 Å². The summed E-state index contributed by atoms with van der Waals surface area (Å²) in [7, 11) is 0. The van der Waals surface area contributed by atoms with Crippen LogP contribution in [0, 0.1) is 6.92 Å². The summed E-state index contributed by atoms with van der Waals surface area (Å²) in [5.74, 6) is 0. The van der Waals surface area contributed by atoms with Crippen molar-refractivity contribution in [2.24, 2.45) is 0 Å². The lowest BCUT2D eigenvalue weighted by Crippen LogP contribution is -1.98. The number of aromatic nitrogens is 5. The average molecular weight is 322 g/mol. The molecule has 0 radical (unpaired) electrons. The Morgan fingerprint density at radius 2 is 2.09 bits per heavy atom. The lowest BCUT2D eigenvalue weighted by Gasteiger charge is -1.97. The number of imidazole rings is 1. The molecule has 7 heteroatoms. The van der Waals surface area contributed by atoms with Gasteiger partial charge in [-0.1, -0.05) is 23.5 Å². The van der Waals surface area contributed by atoms with E-state index in [0.29, 0.717) is 6.54 Å². The Morgan fingerprint density at radius 3 is 2.91 bits per heavy atom. The van der Waals surface area contributed by atoms with Gasteiger partial charge >= 0.3 is 0 Å². The molecule has 0 saturated heterocycles. The van der Waals surface area contributed by atoms with Crippen molar-refractivity contribution in [3.63, 3.8) is 0 Å². The summed E-state index contributed by atoms with van der Waals surface area (Å²) in [6, 6.07) is 11.8. The predicted molar refractivity (Wildman–Crippen MR) is 90.4 cm³/mol. The maximum Gasteiger partial charge on any atom is 0.206 e. The number of pyridine rings is 2. The van der Waals surface area contributed by atoms with Crippen LogP contribution in [0.3, 0.4) is 0 Å². The fourth-order valence-electron chi connectivity index (χ4n) is 2.34. The highest BCUT2D eigenvalue weighted by atomic mass is 32.1. The monoisotopic (exact) mass is 322 g/mol. The molecule has 0 aliphatic rings. The standard InChI is InChI=1S/C16H14N6S/c1-11-5-4-7-14-19-12(10-22(11)14)9-18-16-21-20-15(23-16)13-6-2-3-8-17-13/h2-8,10H,9H2,1H3,(H,18,21). The van der Waals surface area contributed by atoms with E-state index in [-0.39, 0.29) is 0 Å².